The van der Waals surface area contributed by atoms with Gasteiger partial charge >= 0.3 is 0 Å². The zero-order valence-electron chi connectivity index (χ0n) is 20.3. The maximum Gasteiger partial charge on any atom is 0.171 e. The van der Waals surface area contributed by atoms with E-state index in [1.807, 2.05) is 47.3 Å². The highest BCUT2D eigenvalue weighted by Crippen LogP contribution is 2.32. The summed E-state index contributed by atoms with van der Waals surface area (Å²) in [6, 6.07) is 20.4. The summed E-state index contributed by atoms with van der Waals surface area (Å²) >= 11 is 0. The van der Waals surface area contributed by atoms with Crippen molar-refractivity contribution in [2.24, 2.45) is 4.99 Å². The topological polar surface area (TPSA) is 65.7 Å². The van der Waals surface area contributed by atoms with Gasteiger partial charge in [0.15, 0.2) is 30.3 Å². The number of nitrogens with zero attached hydrogens (tertiary/aromatic N) is 4. The normalized spacial score (nSPS) is 12.1. The van der Waals surface area contributed by atoms with Gasteiger partial charge in [-0.3, -0.25) is 0 Å². The van der Waals surface area contributed by atoms with Crippen LogP contribution in [-0.2, 0) is 6.54 Å². The maximum atomic E-state index is 9.16. The SMILES string of the molecule is CCCN(CCC)c1ccc2nc3c4ccccc4c(=Nc4cc[n+](CCO)cc4)cc-3oc2c1. The van der Waals surface area contributed by atoms with Crippen molar-refractivity contribution in [2.45, 2.75) is 33.2 Å². The van der Waals surface area contributed by atoms with Crippen LogP contribution in [0.25, 0.3) is 33.3 Å². The number of pyridine rings is 1. The average Bonchev–Trinajstić information content (AvgIpc) is 2.89. The van der Waals surface area contributed by atoms with Gasteiger partial charge in [0.1, 0.15) is 17.8 Å². The van der Waals surface area contributed by atoms with E-state index >= 15 is 0 Å². The first kappa shape index (κ1) is 23.0. The Balaban J connectivity index is 1.67. The van der Waals surface area contributed by atoms with Crippen LogP contribution in [0.15, 0.2) is 82.5 Å². The van der Waals surface area contributed by atoms with Gasteiger partial charge in [-0.2, -0.15) is 0 Å². The third-order valence-electron chi connectivity index (χ3n) is 6.19. The Labute approximate surface area is 205 Å². The van der Waals surface area contributed by atoms with Crippen LogP contribution in [0.1, 0.15) is 26.7 Å². The molecule has 178 valence electrons. The summed E-state index contributed by atoms with van der Waals surface area (Å²) in [6.07, 6.45) is 6.05. The molecule has 6 heteroatoms. The molecule has 1 aliphatic heterocycles. The molecule has 0 unspecified atom stereocenters. The lowest BCUT2D eigenvalue weighted by molar-refractivity contribution is -0.698. The minimum absolute atomic E-state index is 0.106. The number of aliphatic hydroxyl groups excluding tert-OH is 1. The summed E-state index contributed by atoms with van der Waals surface area (Å²) in [5, 5.41) is 12.0. The van der Waals surface area contributed by atoms with Crippen LogP contribution >= 0.6 is 0 Å². The molecule has 5 rings (SSSR count). The predicted octanol–water partition coefficient (Wildman–Crippen LogP) is 5.22. The van der Waals surface area contributed by atoms with Gasteiger partial charge in [-0.25, -0.2) is 14.5 Å². The zero-order chi connectivity index (χ0) is 24.2. The second-order valence-corrected chi connectivity index (χ2v) is 8.77. The van der Waals surface area contributed by atoms with E-state index in [9.17, 15) is 0 Å². The van der Waals surface area contributed by atoms with Gasteiger partial charge in [0.05, 0.1) is 11.0 Å². The van der Waals surface area contributed by atoms with E-state index in [1.165, 1.54) is 0 Å². The molecule has 0 bridgehead atoms. The lowest BCUT2D eigenvalue weighted by Crippen LogP contribution is -2.34. The molecule has 0 saturated heterocycles. The number of hydrogen-bond acceptors (Lipinski definition) is 5. The van der Waals surface area contributed by atoms with Gasteiger partial charge in [-0.1, -0.05) is 38.1 Å². The molecule has 0 atom stereocenters. The van der Waals surface area contributed by atoms with E-state index in [0.717, 1.165) is 76.0 Å². The highest BCUT2D eigenvalue weighted by molar-refractivity contribution is 5.96. The van der Waals surface area contributed by atoms with Crippen LogP contribution in [-0.4, -0.2) is 29.8 Å². The first-order chi connectivity index (χ1) is 17.2. The van der Waals surface area contributed by atoms with Gasteiger partial charge in [-0.05, 0) is 25.0 Å². The highest BCUT2D eigenvalue weighted by atomic mass is 16.3. The van der Waals surface area contributed by atoms with Gasteiger partial charge in [0, 0.05) is 53.8 Å². The fourth-order valence-electron chi connectivity index (χ4n) is 4.55. The fraction of sp³-hybridized carbons (Fsp3) is 0.276. The van der Waals surface area contributed by atoms with Crippen molar-refractivity contribution in [3.63, 3.8) is 0 Å². The average molecular weight is 468 g/mol. The monoisotopic (exact) mass is 467 g/mol. The molecule has 1 aliphatic carbocycles. The van der Waals surface area contributed by atoms with Crippen LogP contribution in [0.5, 0.6) is 0 Å². The number of hydrogen-bond donors (Lipinski definition) is 1. The van der Waals surface area contributed by atoms with Crippen molar-refractivity contribution in [3.05, 3.63) is 78.4 Å². The van der Waals surface area contributed by atoms with Crippen LogP contribution < -0.4 is 14.8 Å². The summed E-state index contributed by atoms with van der Waals surface area (Å²) < 4.78 is 8.38. The second kappa shape index (κ2) is 10.2. The van der Waals surface area contributed by atoms with Gasteiger partial charge < -0.3 is 14.4 Å². The molecule has 35 heavy (non-hydrogen) atoms. The molecular weight excluding hydrogens is 436 g/mol. The number of aliphatic hydroxyl groups is 1. The first-order valence-electron chi connectivity index (χ1n) is 12.4. The van der Waals surface area contributed by atoms with Crippen molar-refractivity contribution in [1.82, 2.24) is 4.98 Å². The number of anilines is 1. The molecule has 0 radical (unpaired) electrons. The third kappa shape index (κ3) is 4.75. The standard InChI is InChI=1S/C29H31N4O2/c1-3-13-33(14-4-2)22-9-10-25-27(19-22)35-28-20-26(23-7-5-6-8-24(23)29(28)31-25)30-21-11-15-32(16-12-21)17-18-34/h5-12,15-16,19-20,34H,3-4,13-14,17-18H2,1-2H3/q+1. The number of fused-ring (bicyclic) bond motifs is 4. The van der Waals surface area contributed by atoms with Crippen molar-refractivity contribution >= 4 is 33.2 Å². The molecule has 3 aromatic rings. The lowest BCUT2D eigenvalue weighted by Gasteiger charge is -2.24. The van der Waals surface area contributed by atoms with E-state index in [2.05, 4.69) is 49.1 Å². The molecule has 0 spiro atoms. The van der Waals surface area contributed by atoms with E-state index in [-0.39, 0.29) is 6.61 Å². The Morgan fingerprint density at radius 1 is 0.943 bits per heavy atom. The number of benzene rings is 3. The molecule has 0 fully saturated rings. The smallest absolute Gasteiger partial charge is 0.171 e. The largest absolute Gasteiger partial charge is 0.453 e. The summed E-state index contributed by atoms with van der Waals surface area (Å²) in [4.78, 5) is 12.3. The maximum absolute atomic E-state index is 9.16. The molecule has 6 nitrogen and oxygen atoms in total. The van der Waals surface area contributed by atoms with Crippen molar-refractivity contribution < 1.29 is 14.1 Å². The van der Waals surface area contributed by atoms with Crippen LogP contribution in [0, 0.1) is 0 Å². The summed E-state index contributed by atoms with van der Waals surface area (Å²) in [5.41, 5.74) is 4.47. The molecule has 1 aromatic heterocycles. The van der Waals surface area contributed by atoms with Crippen molar-refractivity contribution in [3.8, 4) is 11.5 Å². The number of rotatable bonds is 8. The molecule has 0 amide bonds. The Morgan fingerprint density at radius 2 is 1.69 bits per heavy atom. The quantitative estimate of drug-likeness (QED) is 0.193. The predicted molar refractivity (Wildman–Crippen MR) is 140 cm³/mol. The van der Waals surface area contributed by atoms with E-state index in [1.54, 1.807) is 0 Å². The van der Waals surface area contributed by atoms with Crippen LogP contribution in [0.3, 0.4) is 0 Å². The molecule has 2 aromatic carbocycles. The minimum Gasteiger partial charge on any atom is -0.453 e. The molecule has 1 N–H and O–H groups in total. The summed E-state index contributed by atoms with van der Waals surface area (Å²) in [6.45, 7) is 7.12. The van der Waals surface area contributed by atoms with Crippen molar-refractivity contribution in [2.75, 3.05) is 24.6 Å². The fourth-order valence-corrected chi connectivity index (χ4v) is 4.55. The molecule has 0 saturated carbocycles. The molecular formula is C29H31N4O2+. The van der Waals surface area contributed by atoms with E-state index in [4.69, 9.17) is 19.5 Å². The van der Waals surface area contributed by atoms with E-state index in [0.29, 0.717) is 6.54 Å². The Morgan fingerprint density at radius 3 is 2.40 bits per heavy atom. The highest BCUT2D eigenvalue weighted by Gasteiger charge is 2.16. The third-order valence-corrected chi connectivity index (χ3v) is 6.19. The Kier molecular flexibility index (Phi) is 6.73. The van der Waals surface area contributed by atoms with Crippen LogP contribution in [0.2, 0.25) is 0 Å². The van der Waals surface area contributed by atoms with Crippen molar-refractivity contribution in [1.29, 1.82) is 0 Å². The number of aromatic nitrogens is 2. The van der Waals surface area contributed by atoms with E-state index < -0.39 is 0 Å². The molecule has 2 heterocycles. The summed E-state index contributed by atoms with van der Waals surface area (Å²) in [5.74, 6) is 0.718. The Hall–Kier alpha value is -3.77. The first-order valence-corrected chi connectivity index (χ1v) is 12.4. The second-order valence-electron chi connectivity index (χ2n) is 8.77. The van der Waals surface area contributed by atoms with Gasteiger partial charge in [0.25, 0.3) is 0 Å². The molecule has 2 aliphatic rings. The van der Waals surface area contributed by atoms with Gasteiger partial charge in [-0.15, -0.1) is 0 Å². The zero-order valence-corrected chi connectivity index (χ0v) is 20.3. The minimum atomic E-state index is 0.106. The lowest BCUT2D eigenvalue weighted by atomic mass is 10.0. The summed E-state index contributed by atoms with van der Waals surface area (Å²) in [7, 11) is 0. The Bertz CT molecular complexity index is 1480. The van der Waals surface area contributed by atoms with Crippen LogP contribution in [0.4, 0.5) is 11.4 Å². The van der Waals surface area contributed by atoms with Gasteiger partial charge in [0.2, 0.25) is 0 Å².